The second-order valence-electron chi connectivity index (χ2n) is 4.75. The molecule has 1 N–H and O–H groups in total. The Hall–Kier alpha value is -1.02. The van der Waals surface area contributed by atoms with Crippen molar-refractivity contribution in [2.24, 2.45) is 0 Å². The molecule has 2 aliphatic heterocycles. The zero-order chi connectivity index (χ0) is 10.3. The summed E-state index contributed by atoms with van der Waals surface area (Å²) < 4.78 is 0. The van der Waals surface area contributed by atoms with Crippen LogP contribution in [0.5, 0.6) is 0 Å². The Labute approximate surface area is 90.5 Å². The molecule has 2 atom stereocenters. The summed E-state index contributed by atoms with van der Waals surface area (Å²) in [5.41, 5.74) is 1.33. The van der Waals surface area contributed by atoms with Crippen LogP contribution in [-0.4, -0.2) is 23.3 Å². The van der Waals surface area contributed by atoms with Gasteiger partial charge in [-0.15, -0.1) is 0 Å². The SMILES string of the molecule is OC1C[C@@H]2CC[C@@H](C1)N2c1ccccc1. The van der Waals surface area contributed by atoms with Crippen LogP contribution in [0.3, 0.4) is 0 Å². The van der Waals surface area contributed by atoms with E-state index in [1.54, 1.807) is 0 Å². The Balaban J connectivity index is 1.89. The molecule has 0 spiro atoms. The average Bonchev–Trinajstić information content (AvgIpc) is 2.53. The lowest BCUT2D eigenvalue weighted by Gasteiger charge is -2.39. The van der Waals surface area contributed by atoms with Gasteiger partial charge in [0.25, 0.3) is 0 Å². The number of hydrogen-bond donors (Lipinski definition) is 1. The van der Waals surface area contributed by atoms with Gasteiger partial charge in [-0.25, -0.2) is 0 Å². The van der Waals surface area contributed by atoms with Crippen LogP contribution in [0.25, 0.3) is 0 Å². The number of aliphatic hydroxyl groups is 1. The molecule has 2 fully saturated rings. The fourth-order valence-corrected chi connectivity index (χ4v) is 3.17. The molecule has 2 aliphatic rings. The number of anilines is 1. The fraction of sp³-hybridized carbons (Fsp3) is 0.538. The smallest absolute Gasteiger partial charge is 0.0579 e. The minimum absolute atomic E-state index is 0.0672. The van der Waals surface area contributed by atoms with Crippen molar-refractivity contribution in [2.75, 3.05) is 4.90 Å². The molecule has 2 saturated heterocycles. The second-order valence-corrected chi connectivity index (χ2v) is 4.75. The van der Waals surface area contributed by atoms with Crippen molar-refractivity contribution in [3.05, 3.63) is 30.3 Å². The summed E-state index contributed by atoms with van der Waals surface area (Å²) in [5.74, 6) is 0. The standard InChI is InChI=1S/C13H17NO/c15-13-8-11-6-7-12(9-13)14(11)10-4-2-1-3-5-10/h1-5,11-13,15H,6-9H2/t11-,12-/m0/s1. The number of nitrogens with zero attached hydrogens (tertiary/aromatic N) is 1. The maximum Gasteiger partial charge on any atom is 0.0579 e. The van der Waals surface area contributed by atoms with E-state index in [-0.39, 0.29) is 6.10 Å². The largest absolute Gasteiger partial charge is 0.393 e. The third kappa shape index (κ3) is 1.53. The summed E-state index contributed by atoms with van der Waals surface area (Å²) in [6, 6.07) is 11.8. The van der Waals surface area contributed by atoms with E-state index >= 15 is 0 Å². The highest BCUT2D eigenvalue weighted by molar-refractivity contribution is 5.50. The topological polar surface area (TPSA) is 23.5 Å². The lowest BCUT2D eigenvalue weighted by atomic mass is 9.99. The van der Waals surface area contributed by atoms with E-state index in [0.717, 1.165) is 12.8 Å². The third-order valence-corrected chi connectivity index (χ3v) is 3.76. The van der Waals surface area contributed by atoms with E-state index in [0.29, 0.717) is 12.1 Å². The molecule has 0 unspecified atom stereocenters. The van der Waals surface area contributed by atoms with Crippen molar-refractivity contribution < 1.29 is 5.11 Å². The summed E-state index contributed by atoms with van der Waals surface area (Å²) >= 11 is 0. The molecule has 0 amide bonds. The minimum Gasteiger partial charge on any atom is -0.393 e. The molecule has 0 saturated carbocycles. The van der Waals surface area contributed by atoms with Crippen LogP contribution in [0.15, 0.2) is 30.3 Å². The number of fused-ring (bicyclic) bond motifs is 2. The van der Waals surface area contributed by atoms with Crippen LogP contribution in [0.4, 0.5) is 5.69 Å². The summed E-state index contributed by atoms with van der Waals surface area (Å²) in [6.45, 7) is 0. The van der Waals surface area contributed by atoms with Gasteiger partial charge in [-0.2, -0.15) is 0 Å². The average molecular weight is 203 g/mol. The first-order valence-electron chi connectivity index (χ1n) is 5.86. The van der Waals surface area contributed by atoms with Crippen molar-refractivity contribution in [3.8, 4) is 0 Å². The van der Waals surface area contributed by atoms with E-state index in [1.807, 2.05) is 0 Å². The van der Waals surface area contributed by atoms with E-state index in [9.17, 15) is 5.11 Å². The van der Waals surface area contributed by atoms with Crippen LogP contribution in [0, 0.1) is 0 Å². The highest BCUT2D eigenvalue weighted by Crippen LogP contribution is 2.38. The van der Waals surface area contributed by atoms with Gasteiger partial charge in [-0.3, -0.25) is 0 Å². The van der Waals surface area contributed by atoms with Gasteiger partial charge < -0.3 is 10.0 Å². The van der Waals surface area contributed by atoms with Gasteiger partial charge >= 0.3 is 0 Å². The highest BCUT2D eigenvalue weighted by Gasteiger charge is 2.39. The highest BCUT2D eigenvalue weighted by atomic mass is 16.3. The summed E-state index contributed by atoms with van der Waals surface area (Å²) in [7, 11) is 0. The van der Waals surface area contributed by atoms with Crippen LogP contribution >= 0.6 is 0 Å². The molecule has 15 heavy (non-hydrogen) atoms. The first-order chi connectivity index (χ1) is 7.34. The van der Waals surface area contributed by atoms with Gasteiger partial charge in [-0.1, -0.05) is 18.2 Å². The molecule has 0 radical (unpaired) electrons. The first kappa shape index (κ1) is 9.22. The maximum atomic E-state index is 9.73. The Kier molecular flexibility index (Phi) is 2.17. The van der Waals surface area contributed by atoms with Gasteiger partial charge in [-0.05, 0) is 37.8 Å². The van der Waals surface area contributed by atoms with Crippen molar-refractivity contribution in [1.82, 2.24) is 0 Å². The van der Waals surface area contributed by atoms with Gasteiger partial charge in [0.15, 0.2) is 0 Å². The predicted octanol–water partition coefficient (Wildman–Crippen LogP) is 2.18. The lowest BCUT2D eigenvalue weighted by molar-refractivity contribution is 0.126. The molecule has 2 heteroatoms. The van der Waals surface area contributed by atoms with Crippen molar-refractivity contribution in [1.29, 1.82) is 0 Å². The normalized spacial score (nSPS) is 34.5. The quantitative estimate of drug-likeness (QED) is 0.756. The molecular weight excluding hydrogens is 186 g/mol. The van der Waals surface area contributed by atoms with Gasteiger partial charge in [0.1, 0.15) is 0 Å². The first-order valence-corrected chi connectivity index (χ1v) is 5.86. The number of hydrogen-bond acceptors (Lipinski definition) is 2. The maximum absolute atomic E-state index is 9.73. The zero-order valence-corrected chi connectivity index (χ0v) is 8.84. The van der Waals surface area contributed by atoms with E-state index in [4.69, 9.17) is 0 Å². The van der Waals surface area contributed by atoms with E-state index in [1.165, 1.54) is 18.5 Å². The van der Waals surface area contributed by atoms with Gasteiger partial charge in [0.2, 0.25) is 0 Å². The molecule has 2 bridgehead atoms. The van der Waals surface area contributed by atoms with E-state index < -0.39 is 0 Å². The van der Waals surface area contributed by atoms with Crippen LogP contribution in [-0.2, 0) is 0 Å². The number of aliphatic hydroxyl groups excluding tert-OH is 1. The van der Waals surface area contributed by atoms with Crippen LogP contribution in [0.1, 0.15) is 25.7 Å². The van der Waals surface area contributed by atoms with E-state index in [2.05, 4.69) is 35.2 Å². The minimum atomic E-state index is -0.0672. The molecule has 1 aromatic carbocycles. The van der Waals surface area contributed by atoms with Gasteiger partial charge in [0, 0.05) is 17.8 Å². The fourth-order valence-electron chi connectivity index (χ4n) is 3.17. The summed E-state index contributed by atoms with van der Waals surface area (Å²) in [4.78, 5) is 2.52. The Bertz CT molecular complexity index is 324. The Morgan fingerprint density at radius 1 is 1.00 bits per heavy atom. The molecule has 80 valence electrons. The number of rotatable bonds is 1. The second kappa shape index (κ2) is 3.53. The molecule has 2 nitrogen and oxygen atoms in total. The molecule has 0 aromatic heterocycles. The molecule has 1 aromatic rings. The third-order valence-electron chi connectivity index (χ3n) is 3.76. The van der Waals surface area contributed by atoms with Crippen molar-refractivity contribution in [2.45, 2.75) is 43.9 Å². The van der Waals surface area contributed by atoms with Crippen LogP contribution < -0.4 is 4.90 Å². The summed E-state index contributed by atoms with van der Waals surface area (Å²) in [6.07, 6.45) is 4.33. The summed E-state index contributed by atoms with van der Waals surface area (Å²) in [5, 5.41) is 9.73. The van der Waals surface area contributed by atoms with Crippen LogP contribution in [0.2, 0.25) is 0 Å². The number of para-hydroxylation sites is 1. The lowest BCUT2D eigenvalue weighted by Crippen LogP contribution is -2.44. The molecule has 2 heterocycles. The number of piperidine rings is 1. The number of benzene rings is 1. The zero-order valence-electron chi connectivity index (χ0n) is 8.84. The Morgan fingerprint density at radius 3 is 2.20 bits per heavy atom. The predicted molar refractivity (Wildman–Crippen MR) is 61.0 cm³/mol. The molecule has 0 aliphatic carbocycles. The van der Waals surface area contributed by atoms with Crippen molar-refractivity contribution in [3.63, 3.8) is 0 Å². The Morgan fingerprint density at radius 2 is 1.60 bits per heavy atom. The monoisotopic (exact) mass is 203 g/mol. The van der Waals surface area contributed by atoms with Gasteiger partial charge in [0.05, 0.1) is 6.10 Å². The molecular formula is C13H17NO. The molecule has 3 rings (SSSR count). The van der Waals surface area contributed by atoms with Crippen molar-refractivity contribution >= 4 is 5.69 Å².